The summed E-state index contributed by atoms with van der Waals surface area (Å²) in [7, 11) is 3.76. The molecule has 0 radical (unpaired) electrons. The van der Waals surface area contributed by atoms with Crippen LogP contribution in [-0.4, -0.2) is 7.11 Å². The summed E-state index contributed by atoms with van der Waals surface area (Å²) in [5, 5.41) is 1.21. The summed E-state index contributed by atoms with van der Waals surface area (Å²) >= 11 is 0. The van der Waals surface area contributed by atoms with Gasteiger partial charge in [0.05, 0.1) is 12.5 Å². The van der Waals surface area contributed by atoms with Crippen LogP contribution >= 0.6 is 0 Å². The summed E-state index contributed by atoms with van der Waals surface area (Å²) in [5.41, 5.74) is 2.48. The van der Waals surface area contributed by atoms with E-state index in [1.54, 1.807) is 7.11 Å². The normalized spacial score (nSPS) is 10.5. The fourth-order valence-corrected chi connectivity index (χ4v) is 1.61. The Kier molecular flexibility index (Phi) is 2.12. The molecule has 0 saturated heterocycles. The minimum absolute atomic E-state index is 0.904. The van der Waals surface area contributed by atoms with Crippen LogP contribution in [0.1, 0.15) is 5.69 Å². The fourth-order valence-electron chi connectivity index (χ4n) is 1.61. The van der Waals surface area contributed by atoms with Gasteiger partial charge in [-0.2, -0.15) is 4.57 Å². The van der Waals surface area contributed by atoms with Crippen LogP contribution in [0, 0.1) is 6.92 Å². The Labute approximate surface area is 83.8 Å². The zero-order chi connectivity index (χ0) is 10.1. The molecule has 0 spiro atoms. The largest absolute Gasteiger partial charge is 0.497 e. The highest BCUT2D eigenvalue weighted by atomic mass is 16.5. The summed E-state index contributed by atoms with van der Waals surface area (Å²) in [4.78, 5) is 0. The summed E-state index contributed by atoms with van der Waals surface area (Å²) in [6.45, 7) is 2.10. The van der Waals surface area contributed by atoms with Gasteiger partial charge in [-0.1, -0.05) is 0 Å². The zero-order valence-electron chi connectivity index (χ0n) is 8.74. The van der Waals surface area contributed by atoms with Crippen molar-refractivity contribution >= 4 is 10.9 Å². The minimum Gasteiger partial charge on any atom is -0.497 e. The van der Waals surface area contributed by atoms with Gasteiger partial charge in [0.1, 0.15) is 12.8 Å². The SMILES string of the molecule is COc1ccc2c(ccc(C)[n+]2C)c1. The van der Waals surface area contributed by atoms with Crippen LogP contribution in [0.25, 0.3) is 10.9 Å². The lowest BCUT2D eigenvalue weighted by atomic mass is 10.2. The van der Waals surface area contributed by atoms with Crippen LogP contribution in [0.3, 0.4) is 0 Å². The number of rotatable bonds is 1. The van der Waals surface area contributed by atoms with Gasteiger partial charge in [0.25, 0.3) is 0 Å². The van der Waals surface area contributed by atoms with Crippen LogP contribution in [0.4, 0.5) is 0 Å². The van der Waals surface area contributed by atoms with E-state index in [0.29, 0.717) is 0 Å². The van der Waals surface area contributed by atoms with E-state index in [9.17, 15) is 0 Å². The van der Waals surface area contributed by atoms with Crippen molar-refractivity contribution in [2.75, 3.05) is 7.11 Å². The molecule has 0 unspecified atom stereocenters. The lowest BCUT2D eigenvalue weighted by molar-refractivity contribution is -0.651. The number of methoxy groups -OCH3 is 1. The molecule has 1 aromatic carbocycles. The molecule has 0 N–H and O–H groups in total. The molecule has 2 heteroatoms. The van der Waals surface area contributed by atoms with Crippen molar-refractivity contribution in [1.82, 2.24) is 0 Å². The number of aryl methyl sites for hydroxylation is 2. The standard InChI is InChI=1S/C12H14NO/c1-9-4-5-10-8-11(14-3)6-7-12(10)13(9)2/h4-8H,1-3H3/q+1. The fraction of sp³-hybridized carbons (Fsp3) is 0.250. The lowest BCUT2D eigenvalue weighted by Crippen LogP contribution is -2.32. The first-order valence-corrected chi connectivity index (χ1v) is 4.66. The maximum absolute atomic E-state index is 5.18. The monoisotopic (exact) mass is 188 g/mol. The highest BCUT2D eigenvalue weighted by molar-refractivity contribution is 5.77. The molecule has 0 fully saturated rings. The van der Waals surface area contributed by atoms with Crippen LogP contribution in [0.15, 0.2) is 30.3 Å². The molecule has 2 nitrogen and oxygen atoms in total. The maximum Gasteiger partial charge on any atom is 0.212 e. The molecule has 0 aliphatic heterocycles. The average Bonchev–Trinajstić information content (AvgIpc) is 2.23. The van der Waals surface area contributed by atoms with E-state index < -0.39 is 0 Å². The van der Waals surface area contributed by atoms with Gasteiger partial charge >= 0.3 is 0 Å². The molecule has 72 valence electrons. The number of hydrogen-bond donors (Lipinski definition) is 0. The van der Waals surface area contributed by atoms with Crippen molar-refractivity contribution in [2.45, 2.75) is 6.92 Å². The Morgan fingerprint density at radius 1 is 1.14 bits per heavy atom. The third-order valence-electron chi connectivity index (χ3n) is 2.63. The molecule has 0 aliphatic carbocycles. The summed E-state index contributed by atoms with van der Waals surface area (Å²) in [5.74, 6) is 0.904. The molecule has 14 heavy (non-hydrogen) atoms. The quantitative estimate of drug-likeness (QED) is 0.624. The van der Waals surface area contributed by atoms with Crippen LogP contribution in [0.5, 0.6) is 5.75 Å². The summed E-state index contributed by atoms with van der Waals surface area (Å²) in [6, 6.07) is 10.4. The number of hydrogen-bond acceptors (Lipinski definition) is 1. The maximum atomic E-state index is 5.18. The lowest BCUT2D eigenvalue weighted by Gasteiger charge is -2.02. The van der Waals surface area contributed by atoms with Crippen LogP contribution in [-0.2, 0) is 7.05 Å². The van der Waals surface area contributed by atoms with Gasteiger partial charge in [-0.25, -0.2) is 0 Å². The number of nitrogens with zero attached hydrogens (tertiary/aromatic N) is 1. The molecule has 1 aromatic heterocycles. The highest BCUT2D eigenvalue weighted by Crippen LogP contribution is 2.17. The molecule has 0 amide bonds. The predicted octanol–water partition coefficient (Wildman–Crippen LogP) is 1.98. The van der Waals surface area contributed by atoms with Crippen molar-refractivity contribution in [3.05, 3.63) is 36.0 Å². The minimum atomic E-state index is 0.904. The Morgan fingerprint density at radius 2 is 1.93 bits per heavy atom. The molecule has 1 heterocycles. The van der Waals surface area contributed by atoms with Crippen molar-refractivity contribution in [3.63, 3.8) is 0 Å². The van der Waals surface area contributed by atoms with Gasteiger partial charge < -0.3 is 4.74 Å². The Morgan fingerprint density at radius 3 is 2.64 bits per heavy atom. The Bertz CT molecular complexity index is 477. The van der Waals surface area contributed by atoms with E-state index >= 15 is 0 Å². The highest BCUT2D eigenvalue weighted by Gasteiger charge is 2.07. The molecule has 2 rings (SSSR count). The number of aromatic nitrogens is 1. The molecule has 0 bridgehead atoms. The molecule has 2 aromatic rings. The summed E-state index contributed by atoms with van der Waals surface area (Å²) in [6.07, 6.45) is 0. The third-order valence-corrected chi connectivity index (χ3v) is 2.63. The second-order valence-corrected chi connectivity index (χ2v) is 3.46. The zero-order valence-corrected chi connectivity index (χ0v) is 8.74. The Balaban J connectivity index is 2.74. The second-order valence-electron chi connectivity index (χ2n) is 3.46. The van der Waals surface area contributed by atoms with E-state index in [2.05, 4.69) is 42.8 Å². The van der Waals surface area contributed by atoms with Gasteiger partial charge in [0, 0.05) is 19.1 Å². The number of pyridine rings is 1. The van der Waals surface area contributed by atoms with E-state index in [-0.39, 0.29) is 0 Å². The van der Waals surface area contributed by atoms with Crippen molar-refractivity contribution in [3.8, 4) is 5.75 Å². The first-order chi connectivity index (χ1) is 6.72. The molecule has 0 aliphatic rings. The van der Waals surface area contributed by atoms with E-state index in [1.807, 2.05) is 6.07 Å². The second kappa shape index (κ2) is 3.29. The van der Waals surface area contributed by atoms with Gasteiger partial charge in [-0.3, -0.25) is 0 Å². The van der Waals surface area contributed by atoms with Gasteiger partial charge in [0.2, 0.25) is 5.52 Å². The average molecular weight is 188 g/mol. The van der Waals surface area contributed by atoms with Crippen molar-refractivity contribution < 1.29 is 9.30 Å². The number of fused-ring (bicyclic) bond motifs is 1. The van der Waals surface area contributed by atoms with Crippen molar-refractivity contribution in [2.24, 2.45) is 7.05 Å². The smallest absolute Gasteiger partial charge is 0.212 e. The first kappa shape index (κ1) is 9.00. The summed E-state index contributed by atoms with van der Waals surface area (Å²) < 4.78 is 7.36. The molecular formula is C12H14NO+. The topological polar surface area (TPSA) is 13.1 Å². The number of benzene rings is 1. The van der Waals surface area contributed by atoms with E-state index in [1.165, 1.54) is 16.6 Å². The van der Waals surface area contributed by atoms with E-state index in [4.69, 9.17) is 4.74 Å². The Hall–Kier alpha value is -1.57. The number of ether oxygens (including phenoxy) is 1. The molecule has 0 saturated carbocycles. The molecular weight excluding hydrogens is 174 g/mol. The van der Waals surface area contributed by atoms with Crippen molar-refractivity contribution in [1.29, 1.82) is 0 Å². The molecule has 0 atom stereocenters. The third kappa shape index (κ3) is 1.33. The van der Waals surface area contributed by atoms with Gasteiger partial charge in [0.15, 0.2) is 5.69 Å². The predicted molar refractivity (Wildman–Crippen MR) is 56.4 cm³/mol. The van der Waals surface area contributed by atoms with Gasteiger partial charge in [-0.05, 0) is 18.2 Å². The first-order valence-electron chi connectivity index (χ1n) is 4.66. The van der Waals surface area contributed by atoms with Crippen LogP contribution < -0.4 is 9.30 Å². The van der Waals surface area contributed by atoms with Crippen LogP contribution in [0.2, 0.25) is 0 Å². The van der Waals surface area contributed by atoms with Gasteiger partial charge in [-0.15, -0.1) is 0 Å². The van der Waals surface area contributed by atoms with E-state index in [0.717, 1.165) is 5.75 Å².